The highest BCUT2D eigenvalue weighted by atomic mass is 35.5. The molecule has 2 aromatic rings. The summed E-state index contributed by atoms with van der Waals surface area (Å²) in [5.41, 5.74) is 4.62. The summed E-state index contributed by atoms with van der Waals surface area (Å²) in [6.45, 7) is 1.92. The Morgan fingerprint density at radius 2 is 1.87 bits per heavy atom. The zero-order valence-electron chi connectivity index (χ0n) is 13.1. The molecule has 5 nitrogen and oxygen atoms in total. The molecule has 6 heteroatoms. The number of hydrazone groups is 1. The number of halogens is 1. The fourth-order valence-electron chi connectivity index (χ4n) is 1.98. The average Bonchev–Trinajstić information content (AvgIpc) is 2.55. The third-order valence-corrected chi connectivity index (χ3v) is 3.48. The van der Waals surface area contributed by atoms with Crippen LogP contribution in [0.15, 0.2) is 41.5 Å². The maximum atomic E-state index is 12.0. The molecule has 0 aromatic heterocycles. The molecule has 0 spiro atoms. The summed E-state index contributed by atoms with van der Waals surface area (Å²) in [5, 5.41) is 4.37. The van der Waals surface area contributed by atoms with E-state index in [1.165, 1.54) is 20.4 Å². The van der Waals surface area contributed by atoms with E-state index in [9.17, 15) is 4.79 Å². The van der Waals surface area contributed by atoms with Crippen molar-refractivity contribution in [3.63, 3.8) is 0 Å². The zero-order chi connectivity index (χ0) is 16.8. The molecule has 1 amide bonds. The summed E-state index contributed by atoms with van der Waals surface area (Å²) in [7, 11) is 3.07. The Hall–Kier alpha value is -2.53. The molecule has 0 radical (unpaired) electrons. The molecule has 0 saturated carbocycles. The van der Waals surface area contributed by atoms with Crippen LogP contribution >= 0.6 is 11.6 Å². The molecule has 1 N–H and O–H groups in total. The molecule has 2 rings (SSSR count). The van der Waals surface area contributed by atoms with Crippen LogP contribution in [-0.2, 0) is 0 Å². The predicted octanol–water partition coefficient (Wildman–Crippen LogP) is 3.43. The molecular weight excluding hydrogens is 316 g/mol. The number of ether oxygens (including phenoxy) is 2. The van der Waals surface area contributed by atoms with E-state index in [1.807, 2.05) is 19.1 Å². The number of methoxy groups -OCH3 is 2. The Morgan fingerprint density at radius 1 is 1.17 bits per heavy atom. The lowest BCUT2D eigenvalue weighted by atomic mass is 10.1. The Balaban J connectivity index is 2.13. The summed E-state index contributed by atoms with van der Waals surface area (Å²) in [4.78, 5) is 12.0. The molecule has 0 heterocycles. The number of hydrogen-bond acceptors (Lipinski definition) is 4. The lowest BCUT2D eigenvalue weighted by molar-refractivity contribution is 0.0955. The molecule has 2 aromatic carbocycles. The largest absolute Gasteiger partial charge is 0.493 e. The van der Waals surface area contributed by atoms with Crippen LogP contribution in [0.2, 0.25) is 5.02 Å². The number of nitrogens with one attached hydrogen (secondary N) is 1. The van der Waals surface area contributed by atoms with Crippen molar-refractivity contribution in [2.75, 3.05) is 14.2 Å². The smallest absolute Gasteiger partial charge is 0.271 e. The summed E-state index contributed by atoms with van der Waals surface area (Å²) in [5.74, 6) is 0.767. The van der Waals surface area contributed by atoms with Gasteiger partial charge in [-0.3, -0.25) is 4.79 Å². The van der Waals surface area contributed by atoms with E-state index in [2.05, 4.69) is 10.5 Å². The average molecular weight is 333 g/mol. The van der Waals surface area contributed by atoms with Crippen LogP contribution in [0, 0.1) is 6.92 Å². The molecule has 0 unspecified atom stereocenters. The van der Waals surface area contributed by atoms with Crippen molar-refractivity contribution in [1.82, 2.24) is 5.43 Å². The van der Waals surface area contributed by atoms with Crippen molar-refractivity contribution < 1.29 is 14.3 Å². The lowest BCUT2D eigenvalue weighted by Gasteiger charge is -2.09. The van der Waals surface area contributed by atoms with Gasteiger partial charge in [-0.2, -0.15) is 5.10 Å². The quantitative estimate of drug-likeness (QED) is 0.674. The van der Waals surface area contributed by atoms with E-state index in [1.54, 1.807) is 24.3 Å². The summed E-state index contributed by atoms with van der Waals surface area (Å²) in [6, 6.07) is 10.6. The van der Waals surface area contributed by atoms with Gasteiger partial charge in [-0.1, -0.05) is 29.3 Å². The minimum Gasteiger partial charge on any atom is -0.493 e. The highest BCUT2D eigenvalue weighted by molar-refractivity contribution is 6.33. The molecular formula is C17H17ClN2O3. The molecule has 0 fully saturated rings. The standard InChI is InChI=1S/C17H17ClN2O3/c1-11-5-4-6-12(7-11)17(21)20-19-10-13-8-15(22-2)16(23-3)9-14(13)18/h4-10H,1-3H3,(H,20,21)/b19-10-. The topological polar surface area (TPSA) is 59.9 Å². The van der Waals surface area contributed by atoms with Crippen molar-refractivity contribution in [3.8, 4) is 11.5 Å². The van der Waals surface area contributed by atoms with Gasteiger partial charge in [-0.25, -0.2) is 5.43 Å². The van der Waals surface area contributed by atoms with Crippen molar-refractivity contribution >= 4 is 23.7 Å². The van der Waals surface area contributed by atoms with Gasteiger partial charge in [0.15, 0.2) is 11.5 Å². The number of rotatable bonds is 5. The molecule has 0 aliphatic heterocycles. The Kier molecular flexibility index (Phi) is 5.60. The molecule has 0 aliphatic rings. The van der Waals surface area contributed by atoms with Crippen LogP contribution in [0.5, 0.6) is 11.5 Å². The maximum Gasteiger partial charge on any atom is 0.271 e. The first kappa shape index (κ1) is 16.8. The van der Waals surface area contributed by atoms with Crippen LogP contribution in [0.3, 0.4) is 0 Å². The van der Waals surface area contributed by atoms with Crippen molar-refractivity contribution in [2.24, 2.45) is 5.10 Å². The van der Waals surface area contributed by atoms with Gasteiger partial charge in [0.25, 0.3) is 5.91 Å². The maximum absolute atomic E-state index is 12.0. The van der Waals surface area contributed by atoms with E-state index >= 15 is 0 Å². The van der Waals surface area contributed by atoms with Gasteiger partial charge in [-0.15, -0.1) is 0 Å². The third-order valence-electron chi connectivity index (χ3n) is 3.15. The van der Waals surface area contributed by atoms with Gasteiger partial charge in [-0.05, 0) is 25.1 Å². The number of aryl methyl sites for hydroxylation is 1. The van der Waals surface area contributed by atoms with Crippen LogP contribution < -0.4 is 14.9 Å². The van der Waals surface area contributed by atoms with Crippen LogP contribution in [-0.4, -0.2) is 26.3 Å². The fourth-order valence-corrected chi connectivity index (χ4v) is 2.18. The van der Waals surface area contributed by atoms with Crippen LogP contribution in [0.25, 0.3) is 0 Å². The number of carbonyl (C=O) groups is 1. The van der Waals surface area contributed by atoms with E-state index in [-0.39, 0.29) is 5.91 Å². The first-order chi connectivity index (χ1) is 11.0. The second kappa shape index (κ2) is 7.65. The number of benzene rings is 2. The minimum absolute atomic E-state index is 0.290. The first-order valence-electron chi connectivity index (χ1n) is 6.86. The van der Waals surface area contributed by atoms with Crippen molar-refractivity contribution in [2.45, 2.75) is 6.92 Å². The van der Waals surface area contributed by atoms with E-state index in [0.29, 0.717) is 27.6 Å². The highest BCUT2D eigenvalue weighted by Gasteiger charge is 2.09. The lowest BCUT2D eigenvalue weighted by Crippen LogP contribution is -2.17. The third kappa shape index (κ3) is 4.23. The van der Waals surface area contributed by atoms with Crippen LogP contribution in [0.1, 0.15) is 21.5 Å². The minimum atomic E-state index is -0.290. The SMILES string of the molecule is COc1cc(Cl)c(/C=N\NC(=O)c2cccc(C)c2)cc1OC. The normalized spacial score (nSPS) is 10.6. The van der Waals surface area contributed by atoms with Crippen molar-refractivity contribution in [3.05, 3.63) is 58.1 Å². The number of nitrogens with zero attached hydrogens (tertiary/aromatic N) is 1. The zero-order valence-corrected chi connectivity index (χ0v) is 13.8. The Bertz CT molecular complexity index is 745. The molecule has 0 saturated heterocycles. The van der Waals surface area contributed by atoms with Gasteiger partial charge in [0, 0.05) is 17.2 Å². The van der Waals surface area contributed by atoms with E-state index in [4.69, 9.17) is 21.1 Å². The van der Waals surface area contributed by atoms with E-state index < -0.39 is 0 Å². The summed E-state index contributed by atoms with van der Waals surface area (Å²) >= 11 is 6.15. The van der Waals surface area contributed by atoms with Crippen LogP contribution in [0.4, 0.5) is 0 Å². The molecule has 0 atom stereocenters. The number of amides is 1. The van der Waals surface area contributed by atoms with Gasteiger partial charge in [0.1, 0.15) is 0 Å². The van der Waals surface area contributed by atoms with E-state index in [0.717, 1.165) is 5.56 Å². The van der Waals surface area contributed by atoms with Gasteiger partial charge in [0.2, 0.25) is 0 Å². The first-order valence-corrected chi connectivity index (χ1v) is 7.24. The van der Waals surface area contributed by atoms with Gasteiger partial charge in [0.05, 0.1) is 25.5 Å². The molecule has 0 bridgehead atoms. The fraction of sp³-hybridized carbons (Fsp3) is 0.176. The molecule has 120 valence electrons. The second-order valence-electron chi connectivity index (χ2n) is 4.80. The Labute approximate surface area is 139 Å². The summed E-state index contributed by atoms with van der Waals surface area (Å²) < 4.78 is 10.4. The van der Waals surface area contributed by atoms with Crippen molar-refractivity contribution in [1.29, 1.82) is 0 Å². The highest BCUT2D eigenvalue weighted by Crippen LogP contribution is 2.32. The Morgan fingerprint density at radius 3 is 2.52 bits per heavy atom. The molecule has 23 heavy (non-hydrogen) atoms. The second-order valence-corrected chi connectivity index (χ2v) is 5.20. The summed E-state index contributed by atoms with van der Waals surface area (Å²) in [6.07, 6.45) is 1.46. The van der Waals surface area contributed by atoms with Gasteiger partial charge >= 0.3 is 0 Å². The predicted molar refractivity (Wildman–Crippen MR) is 90.8 cm³/mol. The number of hydrogen-bond donors (Lipinski definition) is 1. The monoisotopic (exact) mass is 332 g/mol. The number of carbonyl (C=O) groups excluding carboxylic acids is 1. The van der Waals surface area contributed by atoms with Gasteiger partial charge < -0.3 is 9.47 Å². The molecule has 0 aliphatic carbocycles.